The smallest absolute Gasteiger partial charge is 0.305 e. The van der Waals surface area contributed by atoms with Gasteiger partial charge in [0, 0.05) is 12.1 Å². The number of hydrogen-bond donors (Lipinski definition) is 1. The maximum atomic E-state index is 12.4. The van der Waals surface area contributed by atoms with Gasteiger partial charge in [0.2, 0.25) is 5.91 Å². The van der Waals surface area contributed by atoms with Gasteiger partial charge in [0.15, 0.2) is 0 Å². The summed E-state index contributed by atoms with van der Waals surface area (Å²) in [5, 5.41) is 12.7. The van der Waals surface area contributed by atoms with Gasteiger partial charge in [-0.2, -0.15) is 5.10 Å². The van der Waals surface area contributed by atoms with Gasteiger partial charge in [-0.3, -0.25) is 9.59 Å². The zero-order chi connectivity index (χ0) is 14.6. The average molecular weight is 268 g/mol. The van der Waals surface area contributed by atoms with Crippen molar-refractivity contribution in [1.82, 2.24) is 19.7 Å². The SMILES string of the molecule is CC(C(=O)N(CCC(=O)O)C(C)(C)C)n1cncn1. The summed E-state index contributed by atoms with van der Waals surface area (Å²) in [5.74, 6) is -1.09. The van der Waals surface area contributed by atoms with E-state index in [0.29, 0.717) is 0 Å². The Labute approximate surface area is 112 Å². The van der Waals surface area contributed by atoms with Crippen LogP contribution in [-0.2, 0) is 9.59 Å². The molecule has 0 saturated heterocycles. The van der Waals surface area contributed by atoms with Gasteiger partial charge in [0.05, 0.1) is 6.42 Å². The van der Waals surface area contributed by atoms with E-state index in [1.165, 1.54) is 17.3 Å². The number of rotatable bonds is 5. The Hall–Kier alpha value is -1.92. The number of carbonyl (C=O) groups is 2. The highest BCUT2D eigenvalue weighted by Gasteiger charge is 2.31. The molecule has 1 unspecified atom stereocenters. The minimum Gasteiger partial charge on any atom is -0.481 e. The lowest BCUT2D eigenvalue weighted by Gasteiger charge is -2.37. The van der Waals surface area contributed by atoms with Gasteiger partial charge >= 0.3 is 5.97 Å². The molecule has 7 nitrogen and oxygen atoms in total. The molecule has 1 aromatic rings. The molecular weight excluding hydrogens is 248 g/mol. The number of carboxylic acids is 1. The number of amides is 1. The summed E-state index contributed by atoms with van der Waals surface area (Å²) in [6, 6.07) is -0.504. The standard InChI is InChI=1S/C12H20N4O3/c1-9(16-8-13-7-14-16)11(19)15(12(2,3)4)6-5-10(17)18/h7-9H,5-6H2,1-4H3,(H,17,18). The second kappa shape index (κ2) is 5.81. The van der Waals surface area contributed by atoms with Gasteiger partial charge in [-0.05, 0) is 27.7 Å². The molecule has 0 radical (unpaired) electrons. The quantitative estimate of drug-likeness (QED) is 0.858. The molecule has 7 heteroatoms. The molecule has 0 bridgehead atoms. The lowest BCUT2D eigenvalue weighted by Crippen LogP contribution is -2.49. The molecule has 0 saturated carbocycles. The van der Waals surface area contributed by atoms with Crippen LogP contribution in [0, 0.1) is 0 Å². The summed E-state index contributed by atoms with van der Waals surface area (Å²) in [6.45, 7) is 7.52. The van der Waals surface area contributed by atoms with Crippen LogP contribution >= 0.6 is 0 Å². The van der Waals surface area contributed by atoms with Crippen LogP contribution in [0.2, 0.25) is 0 Å². The molecule has 1 amide bonds. The van der Waals surface area contributed by atoms with Crippen molar-refractivity contribution >= 4 is 11.9 Å². The van der Waals surface area contributed by atoms with Gasteiger partial charge in [-0.1, -0.05) is 0 Å². The highest BCUT2D eigenvalue weighted by atomic mass is 16.4. The Morgan fingerprint density at radius 3 is 2.47 bits per heavy atom. The van der Waals surface area contributed by atoms with E-state index in [9.17, 15) is 9.59 Å². The van der Waals surface area contributed by atoms with Crippen molar-refractivity contribution in [2.45, 2.75) is 45.7 Å². The summed E-state index contributed by atoms with van der Waals surface area (Å²) in [5.41, 5.74) is -0.443. The minimum absolute atomic E-state index is 0.0763. The summed E-state index contributed by atoms with van der Waals surface area (Å²) in [7, 11) is 0. The Morgan fingerprint density at radius 1 is 1.42 bits per heavy atom. The fourth-order valence-electron chi connectivity index (χ4n) is 1.74. The zero-order valence-corrected chi connectivity index (χ0v) is 11.7. The number of carboxylic acid groups (broad SMARTS) is 1. The molecule has 1 rings (SSSR count). The van der Waals surface area contributed by atoms with Gasteiger partial charge in [-0.25, -0.2) is 9.67 Å². The lowest BCUT2D eigenvalue weighted by atomic mass is 10.0. The number of aliphatic carboxylic acids is 1. The highest BCUT2D eigenvalue weighted by molar-refractivity contribution is 5.81. The first-order valence-corrected chi connectivity index (χ1v) is 6.11. The van der Waals surface area contributed by atoms with Crippen LogP contribution in [0.4, 0.5) is 0 Å². The fraction of sp³-hybridized carbons (Fsp3) is 0.667. The van der Waals surface area contributed by atoms with Crippen LogP contribution < -0.4 is 0 Å². The number of carbonyl (C=O) groups excluding carboxylic acids is 1. The van der Waals surface area contributed by atoms with Crippen molar-refractivity contribution in [3.05, 3.63) is 12.7 Å². The normalized spacial score (nSPS) is 13.1. The fourth-order valence-corrected chi connectivity index (χ4v) is 1.74. The van der Waals surface area contributed by atoms with E-state index < -0.39 is 17.6 Å². The van der Waals surface area contributed by atoms with E-state index in [1.54, 1.807) is 11.8 Å². The Morgan fingerprint density at radius 2 is 2.05 bits per heavy atom. The molecule has 0 spiro atoms. The summed E-state index contributed by atoms with van der Waals surface area (Å²) >= 11 is 0. The molecule has 0 aliphatic heterocycles. The predicted molar refractivity (Wildman–Crippen MR) is 68.5 cm³/mol. The average Bonchev–Trinajstić information content (AvgIpc) is 2.78. The zero-order valence-electron chi connectivity index (χ0n) is 11.7. The molecule has 1 heterocycles. The molecule has 0 aliphatic rings. The number of nitrogens with zero attached hydrogens (tertiary/aromatic N) is 4. The minimum atomic E-state index is -0.921. The van der Waals surface area contributed by atoms with Crippen molar-refractivity contribution in [2.75, 3.05) is 6.54 Å². The van der Waals surface area contributed by atoms with Crippen LogP contribution in [-0.4, -0.2) is 48.7 Å². The summed E-state index contributed by atoms with van der Waals surface area (Å²) < 4.78 is 1.46. The van der Waals surface area contributed by atoms with E-state index in [4.69, 9.17) is 5.11 Å². The largest absolute Gasteiger partial charge is 0.481 e. The van der Waals surface area contributed by atoms with E-state index in [-0.39, 0.29) is 18.9 Å². The highest BCUT2D eigenvalue weighted by Crippen LogP contribution is 2.19. The molecule has 0 fully saturated rings. The topological polar surface area (TPSA) is 88.3 Å². The number of aromatic nitrogens is 3. The first kappa shape index (κ1) is 15.1. The second-order valence-corrected chi connectivity index (χ2v) is 5.36. The molecule has 1 atom stereocenters. The van der Waals surface area contributed by atoms with Gasteiger partial charge in [-0.15, -0.1) is 0 Å². The van der Waals surface area contributed by atoms with Crippen molar-refractivity contribution in [1.29, 1.82) is 0 Å². The summed E-state index contributed by atoms with van der Waals surface area (Å²) in [6.07, 6.45) is 2.76. The lowest BCUT2D eigenvalue weighted by molar-refractivity contribution is -0.142. The third kappa shape index (κ3) is 4.04. The molecule has 106 valence electrons. The molecule has 1 N–H and O–H groups in total. The second-order valence-electron chi connectivity index (χ2n) is 5.36. The van der Waals surface area contributed by atoms with Gasteiger partial charge in [0.25, 0.3) is 0 Å². The van der Waals surface area contributed by atoms with E-state index in [0.717, 1.165) is 0 Å². The Balaban J connectivity index is 2.85. The number of hydrogen-bond acceptors (Lipinski definition) is 4. The molecule has 19 heavy (non-hydrogen) atoms. The van der Waals surface area contributed by atoms with Crippen molar-refractivity contribution in [3.8, 4) is 0 Å². The van der Waals surface area contributed by atoms with Crippen LogP contribution in [0.5, 0.6) is 0 Å². The van der Waals surface area contributed by atoms with E-state index in [1.807, 2.05) is 20.8 Å². The third-order valence-electron chi connectivity index (χ3n) is 2.82. The molecular formula is C12H20N4O3. The van der Waals surface area contributed by atoms with Gasteiger partial charge in [0.1, 0.15) is 18.7 Å². The van der Waals surface area contributed by atoms with E-state index >= 15 is 0 Å². The molecule has 1 aromatic heterocycles. The van der Waals surface area contributed by atoms with Crippen LogP contribution in [0.1, 0.15) is 40.2 Å². The molecule has 0 aliphatic carbocycles. The monoisotopic (exact) mass is 268 g/mol. The van der Waals surface area contributed by atoms with Gasteiger partial charge < -0.3 is 10.0 Å². The van der Waals surface area contributed by atoms with Crippen LogP contribution in [0.25, 0.3) is 0 Å². The first-order chi connectivity index (χ1) is 8.73. The maximum absolute atomic E-state index is 12.4. The summed E-state index contributed by atoms with van der Waals surface area (Å²) in [4.78, 5) is 28.5. The Kier molecular flexibility index (Phi) is 4.63. The predicted octanol–water partition coefficient (Wildman–Crippen LogP) is 0.941. The Bertz CT molecular complexity index is 436. The molecule has 0 aromatic carbocycles. The van der Waals surface area contributed by atoms with Crippen LogP contribution in [0.15, 0.2) is 12.7 Å². The van der Waals surface area contributed by atoms with Crippen molar-refractivity contribution in [3.63, 3.8) is 0 Å². The maximum Gasteiger partial charge on any atom is 0.305 e. The third-order valence-corrected chi connectivity index (χ3v) is 2.82. The van der Waals surface area contributed by atoms with Crippen molar-refractivity contribution < 1.29 is 14.7 Å². The van der Waals surface area contributed by atoms with E-state index in [2.05, 4.69) is 10.1 Å². The van der Waals surface area contributed by atoms with Crippen molar-refractivity contribution in [2.24, 2.45) is 0 Å². The first-order valence-electron chi connectivity index (χ1n) is 6.11. The van der Waals surface area contributed by atoms with Crippen LogP contribution in [0.3, 0.4) is 0 Å².